The average molecular weight is 461 g/mol. The summed E-state index contributed by atoms with van der Waals surface area (Å²) in [6, 6.07) is 7.94. The van der Waals surface area contributed by atoms with E-state index in [4.69, 9.17) is 0 Å². The van der Waals surface area contributed by atoms with Crippen LogP contribution in [0.15, 0.2) is 43.1 Å². The molecule has 1 aliphatic carbocycles. The third-order valence-electron chi connectivity index (χ3n) is 5.93. The standard InChI is InChI=1S/C25H31F3N4O/c1-16-4-9-23(31-13-16)32-24(33)15-30-22-7-5-19(6-8-22)14-29-18(3)20-10-17(2)11-21(12-20)25(26,27)28/h4,9-13,19,22,29-30H,3,5-8,14-15H2,1-2H3,(H,31,32,33)/t19-,22+. The number of halogens is 3. The summed E-state index contributed by atoms with van der Waals surface area (Å²) in [7, 11) is 0. The van der Waals surface area contributed by atoms with Gasteiger partial charge in [-0.2, -0.15) is 13.2 Å². The lowest BCUT2D eigenvalue weighted by Gasteiger charge is -2.29. The molecule has 3 rings (SSSR count). The van der Waals surface area contributed by atoms with Gasteiger partial charge in [0.2, 0.25) is 5.91 Å². The SMILES string of the molecule is C=C(NC[C@H]1CC[C@@H](NCC(=O)Nc2ccc(C)cn2)CC1)c1cc(C)cc(C(F)(F)F)c1. The quantitative estimate of drug-likeness (QED) is 0.515. The van der Waals surface area contributed by atoms with Crippen LogP contribution >= 0.6 is 0 Å². The van der Waals surface area contributed by atoms with Gasteiger partial charge in [-0.1, -0.05) is 12.6 Å². The van der Waals surface area contributed by atoms with Gasteiger partial charge in [0.1, 0.15) is 5.82 Å². The second-order valence-corrected chi connectivity index (χ2v) is 8.81. The lowest BCUT2D eigenvalue weighted by atomic mass is 9.86. The molecular formula is C25H31F3N4O. The fraction of sp³-hybridized carbons (Fsp3) is 0.440. The van der Waals surface area contributed by atoms with Gasteiger partial charge in [0, 0.05) is 24.5 Å². The van der Waals surface area contributed by atoms with Gasteiger partial charge in [0.05, 0.1) is 12.1 Å². The number of nitrogens with one attached hydrogen (secondary N) is 3. The molecule has 178 valence electrons. The van der Waals surface area contributed by atoms with Gasteiger partial charge < -0.3 is 16.0 Å². The van der Waals surface area contributed by atoms with Crippen LogP contribution < -0.4 is 16.0 Å². The van der Waals surface area contributed by atoms with Crippen LogP contribution in [0.5, 0.6) is 0 Å². The Balaban J connectivity index is 1.39. The van der Waals surface area contributed by atoms with Crippen LogP contribution in [0.25, 0.3) is 5.70 Å². The molecule has 0 atom stereocenters. The van der Waals surface area contributed by atoms with E-state index in [9.17, 15) is 18.0 Å². The molecule has 0 radical (unpaired) electrons. The highest BCUT2D eigenvalue weighted by Gasteiger charge is 2.31. The second kappa shape index (κ2) is 10.8. The molecule has 1 aliphatic rings. The number of nitrogens with zero attached hydrogens (tertiary/aromatic N) is 1. The Morgan fingerprint density at radius 1 is 1.09 bits per heavy atom. The molecule has 3 N–H and O–H groups in total. The first-order valence-corrected chi connectivity index (χ1v) is 11.2. The second-order valence-electron chi connectivity index (χ2n) is 8.81. The third-order valence-corrected chi connectivity index (χ3v) is 5.93. The van der Waals surface area contributed by atoms with Gasteiger partial charge in [-0.25, -0.2) is 4.98 Å². The lowest BCUT2D eigenvalue weighted by Crippen LogP contribution is -2.39. The van der Waals surface area contributed by atoms with Crippen molar-refractivity contribution in [1.82, 2.24) is 15.6 Å². The van der Waals surface area contributed by atoms with Crippen LogP contribution in [0.1, 0.15) is 47.9 Å². The molecular weight excluding hydrogens is 429 g/mol. The van der Waals surface area contributed by atoms with E-state index in [0.29, 0.717) is 35.1 Å². The summed E-state index contributed by atoms with van der Waals surface area (Å²) in [5.41, 5.74) is 1.90. The van der Waals surface area contributed by atoms with Gasteiger partial charge in [-0.3, -0.25) is 4.79 Å². The minimum atomic E-state index is -4.38. The molecule has 1 aromatic carbocycles. The van der Waals surface area contributed by atoms with Crippen molar-refractivity contribution >= 4 is 17.4 Å². The molecule has 33 heavy (non-hydrogen) atoms. The Morgan fingerprint density at radius 2 is 1.82 bits per heavy atom. The largest absolute Gasteiger partial charge is 0.416 e. The molecule has 0 spiro atoms. The van der Waals surface area contributed by atoms with E-state index in [0.717, 1.165) is 43.4 Å². The summed E-state index contributed by atoms with van der Waals surface area (Å²) < 4.78 is 39.2. The molecule has 0 saturated heterocycles. The maximum atomic E-state index is 13.1. The van der Waals surface area contributed by atoms with E-state index >= 15 is 0 Å². The Kier molecular flexibility index (Phi) is 8.13. The number of amides is 1. The summed E-state index contributed by atoms with van der Waals surface area (Å²) in [5.74, 6) is 0.832. The van der Waals surface area contributed by atoms with Crippen LogP contribution in [0.4, 0.5) is 19.0 Å². The Hall–Kier alpha value is -2.87. The van der Waals surface area contributed by atoms with E-state index in [-0.39, 0.29) is 18.5 Å². The topological polar surface area (TPSA) is 66.0 Å². The van der Waals surface area contributed by atoms with Crippen LogP contribution in [-0.2, 0) is 11.0 Å². The fourth-order valence-electron chi connectivity index (χ4n) is 4.03. The van der Waals surface area contributed by atoms with Crippen LogP contribution in [0, 0.1) is 19.8 Å². The van der Waals surface area contributed by atoms with Crippen molar-refractivity contribution < 1.29 is 18.0 Å². The molecule has 0 bridgehead atoms. The highest BCUT2D eigenvalue weighted by atomic mass is 19.4. The zero-order valence-electron chi connectivity index (χ0n) is 19.1. The maximum absolute atomic E-state index is 13.1. The zero-order valence-corrected chi connectivity index (χ0v) is 19.1. The Bertz CT molecular complexity index is 965. The van der Waals surface area contributed by atoms with Gasteiger partial charge in [-0.15, -0.1) is 0 Å². The van der Waals surface area contributed by atoms with Crippen molar-refractivity contribution in [2.75, 3.05) is 18.4 Å². The van der Waals surface area contributed by atoms with Crippen molar-refractivity contribution in [3.63, 3.8) is 0 Å². The molecule has 0 aliphatic heterocycles. The van der Waals surface area contributed by atoms with E-state index in [2.05, 4.69) is 27.5 Å². The number of benzene rings is 1. The smallest absolute Gasteiger partial charge is 0.385 e. The lowest BCUT2D eigenvalue weighted by molar-refractivity contribution is -0.137. The van der Waals surface area contributed by atoms with Gasteiger partial charge in [-0.05, 0) is 86.4 Å². The molecule has 1 heterocycles. The highest BCUT2D eigenvalue weighted by Crippen LogP contribution is 2.32. The minimum Gasteiger partial charge on any atom is -0.385 e. The summed E-state index contributed by atoms with van der Waals surface area (Å²) in [4.78, 5) is 16.3. The fourth-order valence-corrected chi connectivity index (χ4v) is 4.03. The molecule has 0 unspecified atom stereocenters. The van der Waals surface area contributed by atoms with E-state index < -0.39 is 11.7 Å². The third kappa shape index (κ3) is 7.60. The summed E-state index contributed by atoms with van der Waals surface area (Å²) in [6.07, 6.45) is 1.16. The number of carbonyl (C=O) groups is 1. The molecule has 1 saturated carbocycles. The maximum Gasteiger partial charge on any atom is 0.416 e. The molecule has 5 nitrogen and oxygen atoms in total. The zero-order chi connectivity index (χ0) is 24.0. The number of anilines is 1. The van der Waals surface area contributed by atoms with Crippen molar-refractivity contribution in [3.05, 3.63) is 65.4 Å². The number of rotatable bonds is 8. The Morgan fingerprint density at radius 3 is 2.45 bits per heavy atom. The predicted molar refractivity (Wildman–Crippen MR) is 125 cm³/mol. The summed E-state index contributed by atoms with van der Waals surface area (Å²) >= 11 is 0. The number of hydrogen-bond donors (Lipinski definition) is 3. The van der Waals surface area contributed by atoms with Crippen molar-refractivity contribution in [2.45, 2.75) is 51.7 Å². The summed E-state index contributed by atoms with van der Waals surface area (Å²) in [6.45, 7) is 8.42. The average Bonchev–Trinajstić information content (AvgIpc) is 2.77. The monoisotopic (exact) mass is 460 g/mol. The first-order valence-electron chi connectivity index (χ1n) is 11.2. The first-order chi connectivity index (χ1) is 15.6. The van der Waals surface area contributed by atoms with Crippen LogP contribution in [-0.4, -0.2) is 30.0 Å². The van der Waals surface area contributed by atoms with Crippen molar-refractivity contribution in [3.8, 4) is 0 Å². The number of pyridine rings is 1. The van der Waals surface area contributed by atoms with E-state index in [1.54, 1.807) is 25.3 Å². The molecule has 2 aromatic rings. The number of carbonyl (C=O) groups excluding carboxylic acids is 1. The van der Waals surface area contributed by atoms with Gasteiger partial charge >= 0.3 is 6.18 Å². The number of aromatic nitrogens is 1. The van der Waals surface area contributed by atoms with Crippen molar-refractivity contribution in [2.24, 2.45) is 5.92 Å². The summed E-state index contributed by atoms with van der Waals surface area (Å²) in [5, 5.41) is 9.30. The Labute approximate surface area is 192 Å². The van der Waals surface area contributed by atoms with E-state index in [1.807, 2.05) is 13.0 Å². The van der Waals surface area contributed by atoms with Crippen LogP contribution in [0.2, 0.25) is 0 Å². The number of aryl methyl sites for hydroxylation is 2. The van der Waals surface area contributed by atoms with Crippen LogP contribution in [0.3, 0.4) is 0 Å². The van der Waals surface area contributed by atoms with E-state index in [1.165, 1.54) is 0 Å². The predicted octanol–water partition coefficient (Wildman–Crippen LogP) is 5.06. The minimum absolute atomic E-state index is 0.122. The number of hydrogen-bond acceptors (Lipinski definition) is 4. The first kappa shape index (κ1) is 24.8. The number of alkyl halides is 3. The van der Waals surface area contributed by atoms with Gasteiger partial charge in [0.15, 0.2) is 0 Å². The molecule has 1 amide bonds. The van der Waals surface area contributed by atoms with Crippen molar-refractivity contribution in [1.29, 1.82) is 0 Å². The highest BCUT2D eigenvalue weighted by molar-refractivity contribution is 5.91. The molecule has 1 aromatic heterocycles. The molecule has 8 heteroatoms. The normalized spacial score (nSPS) is 18.6. The molecule has 1 fully saturated rings. The van der Waals surface area contributed by atoms with Gasteiger partial charge in [0.25, 0.3) is 0 Å².